The van der Waals surface area contributed by atoms with E-state index in [4.69, 9.17) is 5.73 Å². The van der Waals surface area contributed by atoms with Crippen molar-refractivity contribution >= 4 is 11.8 Å². The highest BCUT2D eigenvalue weighted by atomic mass is 32.2. The molecule has 13 heavy (non-hydrogen) atoms. The Morgan fingerprint density at radius 2 is 2.08 bits per heavy atom. The Balaban J connectivity index is 0. The van der Waals surface area contributed by atoms with Crippen LogP contribution in [0.4, 0.5) is 0 Å². The van der Waals surface area contributed by atoms with Crippen LogP contribution in [0.15, 0.2) is 35.9 Å². The summed E-state index contributed by atoms with van der Waals surface area (Å²) in [6, 6.07) is 0. The second kappa shape index (κ2) is 6.84. The van der Waals surface area contributed by atoms with E-state index in [1.165, 1.54) is 6.42 Å². The standard InChI is InChI=1S/C11H19NS.H2/c1-5-10(12)11(6-2)13-8-7-9(3)4;/h5-6,9H,1-2,7-8,12H2,3-4H3;1H/b11-10-;. The Hall–Kier alpha value is -0.630. The molecule has 2 heteroatoms. The van der Waals surface area contributed by atoms with Gasteiger partial charge in [0.1, 0.15) is 0 Å². The maximum Gasteiger partial charge on any atom is 0.0446 e. The monoisotopic (exact) mass is 199 g/mol. The number of allylic oxidation sites excluding steroid dienone is 2. The maximum absolute atomic E-state index is 5.71. The van der Waals surface area contributed by atoms with Gasteiger partial charge in [-0.3, -0.25) is 0 Å². The zero-order valence-corrected chi connectivity index (χ0v) is 9.36. The highest BCUT2D eigenvalue weighted by molar-refractivity contribution is 8.03. The minimum Gasteiger partial charge on any atom is -0.398 e. The van der Waals surface area contributed by atoms with E-state index >= 15 is 0 Å². The van der Waals surface area contributed by atoms with Gasteiger partial charge in [0.15, 0.2) is 0 Å². The van der Waals surface area contributed by atoms with Gasteiger partial charge in [-0.15, -0.1) is 11.8 Å². The summed E-state index contributed by atoms with van der Waals surface area (Å²) >= 11 is 1.75. The van der Waals surface area contributed by atoms with Crippen LogP contribution in [0, 0.1) is 5.92 Å². The lowest BCUT2D eigenvalue weighted by Crippen LogP contribution is -1.97. The normalized spacial score (nSPS) is 12.5. The molecule has 2 N–H and O–H groups in total. The average molecular weight is 199 g/mol. The minimum atomic E-state index is 0. The fourth-order valence-corrected chi connectivity index (χ4v) is 1.94. The van der Waals surface area contributed by atoms with E-state index in [-0.39, 0.29) is 1.43 Å². The predicted octanol–water partition coefficient (Wildman–Crippen LogP) is 3.55. The lowest BCUT2D eigenvalue weighted by molar-refractivity contribution is 0.632. The van der Waals surface area contributed by atoms with E-state index in [1.54, 1.807) is 23.9 Å². The number of hydrogen-bond donors (Lipinski definition) is 1. The third-order valence-electron chi connectivity index (χ3n) is 1.64. The van der Waals surface area contributed by atoms with Gasteiger partial charge in [-0.05, 0) is 24.2 Å². The molecule has 0 spiro atoms. The number of nitrogens with two attached hydrogens (primary N) is 1. The Bertz CT molecular complexity index is 209. The van der Waals surface area contributed by atoms with E-state index in [9.17, 15) is 0 Å². The van der Waals surface area contributed by atoms with Crippen LogP contribution in [0.25, 0.3) is 0 Å². The summed E-state index contributed by atoms with van der Waals surface area (Å²) in [6.45, 7) is 11.8. The van der Waals surface area contributed by atoms with Crippen LogP contribution in [-0.2, 0) is 0 Å². The highest BCUT2D eigenvalue weighted by Gasteiger charge is 1.99. The summed E-state index contributed by atoms with van der Waals surface area (Å²) in [4.78, 5) is 1.04. The first-order chi connectivity index (χ1) is 6.11. The van der Waals surface area contributed by atoms with Crippen molar-refractivity contribution in [3.05, 3.63) is 35.9 Å². The third-order valence-corrected chi connectivity index (χ3v) is 2.80. The van der Waals surface area contributed by atoms with Crippen LogP contribution in [0.3, 0.4) is 0 Å². The lowest BCUT2D eigenvalue weighted by atomic mass is 10.2. The van der Waals surface area contributed by atoms with Crippen molar-refractivity contribution in [3.63, 3.8) is 0 Å². The Morgan fingerprint density at radius 3 is 2.46 bits per heavy atom. The molecule has 0 aliphatic heterocycles. The van der Waals surface area contributed by atoms with Crippen LogP contribution in [0.2, 0.25) is 0 Å². The first kappa shape index (κ1) is 12.4. The van der Waals surface area contributed by atoms with Gasteiger partial charge in [0.25, 0.3) is 0 Å². The van der Waals surface area contributed by atoms with Crippen molar-refractivity contribution in [2.45, 2.75) is 20.3 Å². The summed E-state index contributed by atoms with van der Waals surface area (Å²) in [7, 11) is 0. The van der Waals surface area contributed by atoms with Crippen molar-refractivity contribution in [1.29, 1.82) is 0 Å². The largest absolute Gasteiger partial charge is 0.398 e. The molecular formula is C11H21NS. The smallest absolute Gasteiger partial charge is 0.0446 e. The summed E-state index contributed by atoms with van der Waals surface area (Å²) < 4.78 is 0. The molecule has 0 saturated carbocycles. The molecule has 0 radical (unpaired) electrons. The Kier molecular flexibility index (Phi) is 6.51. The molecule has 0 aromatic heterocycles. The number of thioether (sulfide) groups is 1. The van der Waals surface area contributed by atoms with Gasteiger partial charge in [0, 0.05) is 12.0 Å². The van der Waals surface area contributed by atoms with Gasteiger partial charge in [-0.2, -0.15) is 0 Å². The van der Waals surface area contributed by atoms with Crippen LogP contribution >= 0.6 is 11.8 Å². The van der Waals surface area contributed by atoms with E-state index < -0.39 is 0 Å². The lowest BCUT2D eigenvalue weighted by Gasteiger charge is -2.06. The van der Waals surface area contributed by atoms with Crippen molar-refractivity contribution in [3.8, 4) is 0 Å². The molecular weight excluding hydrogens is 178 g/mol. The molecule has 0 aliphatic carbocycles. The second-order valence-corrected chi connectivity index (χ2v) is 4.40. The van der Waals surface area contributed by atoms with E-state index in [2.05, 4.69) is 27.0 Å². The van der Waals surface area contributed by atoms with Gasteiger partial charge in [-0.25, -0.2) is 0 Å². The molecule has 0 fully saturated rings. The summed E-state index contributed by atoms with van der Waals surface area (Å²) in [5, 5.41) is 0. The van der Waals surface area contributed by atoms with E-state index in [0.717, 1.165) is 22.3 Å². The molecule has 0 bridgehead atoms. The van der Waals surface area contributed by atoms with Crippen molar-refractivity contribution in [1.82, 2.24) is 0 Å². The molecule has 0 rings (SSSR count). The fraction of sp³-hybridized carbons (Fsp3) is 0.455. The first-order valence-electron chi connectivity index (χ1n) is 4.49. The molecule has 0 aromatic carbocycles. The van der Waals surface area contributed by atoms with Crippen LogP contribution < -0.4 is 5.73 Å². The fourth-order valence-electron chi connectivity index (χ4n) is 0.765. The van der Waals surface area contributed by atoms with Gasteiger partial charge in [-0.1, -0.05) is 33.1 Å². The van der Waals surface area contributed by atoms with Crippen molar-refractivity contribution in [2.24, 2.45) is 11.7 Å². The second-order valence-electron chi connectivity index (χ2n) is 3.26. The third kappa shape index (κ3) is 5.58. The molecule has 0 saturated heterocycles. The van der Waals surface area contributed by atoms with Crippen LogP contribution in [0.5, 0.6) is 0 Å². The number of rotatable bonds is 6. The molecule has 0 aromatic rings. The molecule has 0 atom stereocenters. The van der Waals surface area contributed by atoms with Gasteiger partial charge >= 0.3 is 0 Å². The minimum absolute atomic E-state index is 0. The number of hydrogen-bond acceptors (Lipinski definition) is 2. The summed E-state index contributed by atoms with van der Waals surface area (Å²) in [6.07, 6.45) is 4.66. The van der Waals surface area contributed by atoms with Crippen molar-refractivity contribution in [2.75, 3.05) is 5.75 Å². The quantitative estimate of drug-likeness (QED) is 0.662. The van der Waals surface area contributed by atoms with Crippen LogP contribution in [0.1, 0.15) is 21.7 Å². The molecule has 0 aliphatic rings. The summed E-state index contributed by atoms with van der Waals surface area (Å²) in [5.74, 6) is 1.83. The highest BCUT2D eigenvalue weighted by Crippen LogP contribution is 2.21. The topological polar surface area (TPSA) is 26.0 Å². The zero-order chi connectivity index (χ0) is 10.3. The van der Waals surface area contributed by atoms with E-state index in [1.807, 2.05) is 0 Å². The average Bonchev–Trinajstić information content (AvgIpc) is 2.11. The molecule has 0 heterocycles. The van der Waals surface area contributed by atoms with Gasteiger partial charge in [0.05, 0.1) is 0 Å². The maximum atomic E-state index is 5.71. The Labute approximate surface area is 87.3 Å². The predicted molar refractivity (Wildman–Crippen MR) is 65.6 cm³/mol. The van der Waals surface area contributed by atoms with Crippen LogP contribution in [-0.4, -0.2) is 5.75 Å². The Morgan fingerprint density at radius 1 is 1.46 bits per heavy atom. The molecule has 0 unspecified atom stereocenters. The first-order valence-corrected chi connectivity index (χ1v) is 5.47. The zero-order valence-electron chi connectivity index (χ0n) is 8.55. The molecule has 1 nitrogen and oxygen atoms in total. The van der Waals surface area contributed by atoms with Gasteiger partial charge < -0.3 is 5.73 Å². The van der Waals surface area contributed by atoms with E-state index in [0.29, 0.717) is 0 Å². The van der Waals surface area contributed by atoms with Gasteiger partial charge in [0.2, 0.25) is 0 Å². The van der Waals surface area contributed by atoms with Crippen molar-refractivity contribution < 1.29 is 1.43 Å². The summed E-state index contributed by atoms with van der Waals surface area (Å²) in [5.41, 5.74) is 6.44. The molecule has 76 valence electrons. The SMILES string of the molecule is C=C/C(N)=C(\C=C)SCCC(C)C.[HH]. The molecule has 0 amide bonds.